The lowest BCUT2D eigenvalue weighted by molar-refractivity contribution is -0.0733. The minimum atomic E-state index is 0.286. The minimum Gasteiger partial charge on any atom is -0.370 e. The van der Waals surface area contributed by atoms with Gasteiger partial charge in [0.25, 0.3) is 0 Å². The van der Waals surface area contributed by atoms with Crippen molar-refractivity contribution in [1.29, 1.82) is 0 Å². The molecule has 3 heteroatoms. The van der Waals surface area contributed by atoms with Crippen molar-refractivity contribution in [2.75, 3.05) is 26.2 Å². The average Bonchev–Trinajstić information content (AvgIpc) is 2.82. The van der Waals surface area contributed by atoms with Crippen LogP contribution in [0.15, 0.2) is 0 Å². The molecule has 2 saturated heterocycles. The van der Waals surface area contributed by atoms with Gasteiger partial charge in [0.1, 0.15) is 0 Å². The van der Waals surface area contributed by atoms with E-state index in [-0.39, 0.29) is 5.60 Å². The van der Waals surface area contributed by atoms with Gasteiger partial charge in [-0.1, -0.05) is 33.1 Å². The maximum Gasteiger partial charge on any atom is 0.0710 e. The molecule has 1 aliphatic carbocycles. The third-order valence-corrected chi connectivity index (χ3v) is 5.66. The fraction of sp³-hybridized carbons (Fsp3) is 1.00. The summed E-state index contributed by atoms with van der Waals surface area (Å²) in [6.07, 6.45) is 11.2. The van der Waals surface area contributed by atoms with Crippen LogP contribution in [0.2, 0.25) is 0 Å². The molecule has 122 valence electrons. The first-order chi connectivity index (χ1) is 10.2. The number of piperazine rings is 1. The number of nitrogens with one attached hydrogen (secondary N) is 1. The lowest BCUT2D eigenvalue weighted by Gasteiger charge is -2.37. The van der Waals surface area contributed by atoms with E-state index in [0.29, 0.717) is 12.1 Å². The molecule has 1 saturated carbocycles. The summed E-state index contributed by atoms with van der Waals surface area (Å²) in [4.78, 5) is 2.65. The van der Waals surface area contributed by atoms with Crippen molar-refractivity contribution >= 4 is 0 Å². The van der Waals surface area contributed by atoms with Crippen molar-refractivity contribution in [3.05, 3.63) is 0 Å². The average molecular weight is 294 g/mol. The molecule has 1 spiro atoms. The van der Waals surface area contributed by atoms with E-state index < -0.39 is 0 Å². The molecule has 0 aromatic heterocycles. The van der Waals surface area contributed by atoms with Crippen LogP contribution in [-0.4, -0.2) is 48.8 Å². The summed E-state index contributed by atoms with van der Waals surface area (Å²) in [7, 11) is 0. The zero-order valence-corrected chi connectivity index (χ0v) is 14.1. The van der Waals surface area contributed by atoms with E-state index in [9.17, 15) is 0 Å². The Bertz CT molecular complexity index is 325. The van der Waals surface area contributed by atoms with E-state index in [1.807, 2.05) is 0 Å². The molecule has 2 unspecified atom stereocenters. The van der Waals surface area contributed by atoms with E-state index in [4.69, 9.17) is 4.74 Å². The lowest BCUT2D eigenvalue weighted by atomic mass is 9.83. The van der Waals surface area contributed by atoms with Crippen LogP contribution < -0.4 is 5.32 Å². The molecular formula is C18H34N2O. The number of ether oxygens (including phenoxy) is 1. The first-order valence-electron chi connectivity index (χ1n) is 9.29. The monoisotopic (exact) mass is 294 g/mol. The number of nitrogens with zero attached hydrogens (tertiary/aromatic N) is 1. The first kappa shape index (κ1) is 15.8. The van der Waals surface area contributed by atoms with Gasteiger partial charge in [-0.05, 0) is 38.0 Å². The van der Waals surface area contributed by atoms with Crippen LogP contribution in [0.5, 0.6) is 0 Å². The number of hydrogen-bond donors (Lipinski definition) is 1. The molecule has 21 heavy (non-hydrogen) atoms. The van der Waals surface area contributed by atoms with Gasteiger partial charge in [-0.2, -0.15) is 0 Å². The third kappa shape index (κ3) is 4.20. The fourth-order valence-corrected chi connectivity index (χ4v) is 4.66. The molecule has 0 radical (unpaired) electrons. The highest BCUT2D eigenvalue weighted by molar-refractivity contribution is 4.92. The van der Waals surface area contributed by atoms with Gasteiger partial charge >= 0.3 is 0 Å². The van der Waals surface area contributed by atoms with Crippen LogP contribution in [0.3, 0.4) is 0 Å². The van der Waals surface area contributed by atoms with Gasteiger partial charge in [0.2, 0.25) is 0 Å². The van der Waals surface area contributed by atoms with Crippen molar-refractivity contribution in [2.45, 2.75) is 83.0 Å². The van der Waals surface area contributed by atoms with Crippen molar-refractivity contribution in [3.8, 4) is 0 Å². The molecule has 3 rings (SSSR count). The summed E-state index contributed by atoms with van der Waals surface area (Å²) in [6.45, 7) is 9.38. The molecule has 2 atom stereocenters. The zero-order chi connectivity index (χ0) is 14.7. The summed E-state index contributed by atoms with van der Waals surface area (Å²) >= 11 is 0. The Kier molecular flexibility index (Phi) is 5.23. The molecule has 0 aromatic rings. The van der Waals surface area contributed by atoms with Crippen molar-refractivity contribution in [2.24, 2.45) is 5.92 Å². The summed E-state index contributed by atoms with van der Waals surface area (Å²) in [6, 6.07) is 0.684. The van der Waals surface area contributed by atoms with Gasteiger partial charge in [-0.15, -0.1) is 0 Å². The van der Waals surface area contributed by atoms with Crippen molar-refractivity contribution in [1.82, 2.24) is 10.2 Å². The Hall–Kier alpha value is -0.120. The quantitative estimate of drug-likeness (QED) is 0.862. The molecule has 2 aliphatic heterocycles. The highest BCUT2D eigenvalue weighted by Gasteiger charge is 2.41. The van der Waals surface area contributed by atoms with E-state index in [2.05, 4.69) is 24.1 Å². The van der Waals surface area contributed by atoms with E-state index in [0.717, 1.165) is 19.0 Å². The van der Waals surface area contributed by atoms with Gasteiger partial charge in [-0.3, -0.25) is 4.90 Å². The predicted octanol–water partition coefficient (Wildman–Crippen LogP) is 3.19. The summed E-state index contributed by atoms with van der Waals surface area (Å²) in [5, 5.41) is 3.68. The summed E-state index contributed by atoms with van der Waals surface area (Å²) < 4.78 is 6.55. The van der Waals surface area contributed by atoms with Crippen molar-refractivity contribution < 1.29 is 4.74 Å². The van der Waals surface area contributed by atoms with Crippen LogP contribution in [0, 0.1) is 5.92 Å². The fourth-order valence-electron chi connectivity index (χ4n) is 4.66. The van der Waals surface area contributed by atoms with Crippen LogP contribution in [0.25, 0.3) is 0 Å². The number of rotatable bonds is 4. The van der Waals surface area contributed by atoms with Gasteiger partial charge in [0, 0.05) is 32.2 Å². The Morgan fingerprint density at radius 2 is 2.00 bits per heavy atom. The van der Waals surface area contributed by atoms with Gasteiger partial charge in [0.05, 0.1) is 11.7 Å². The summed E-state index contributed by atoms with van der Waals surface area (Å²) in [5.74, 6) is 0.788. The van der Waals surface area contributed by atoms with Crippen molar-refractivity contribution in [3.63, 3.8) is 0 Å². The maximum absolute atomic E-state index is 6.55. The Labute approximate surface area is 130 Å². The minimum absolute atomic E-state index is 0.286. The first-order valence-corrected chi connectivity index (χ1v) is 9.29. The van der Waals surface area contributed by atoms with Gasteiger partial charge in [-0.25, -0.2) is 0 Å². The van der Waals surface area contributed by atoms with Gasteiger partial charge in [0.15, 0.2) is 0 Å². The Balaban J connectivity index is 1.46. The largest absolute Gasteiger partial charge is 0.370 e. The lowest BCUT2D eigenvalue weighted by Crippen LogP contribution is -2.52. The van der Waals surface area contributed by atoms with Crippen LogP contribution in [0.4, 0.5) is 0 Å². The molecule has 2 heterocycles. The van der Waals surface area contributed by atoms with E-state index in [1.165, 1.54) is 64.5 Å². The molecule has 0 bridgehead atoms. The zero-order valence-electron chi connectivity index (χ0n) is 14.1. The molecule has 0 aromatic carbocycles. The predicted molar refractivity (Wildman–Crippen MR) is 87.6 cm³/mol. The molecular weight excluding hydrogens is 260 g/mol. The highest BCUT2D eigenvalue weighted by Crippen LogP contribution is 2.42. The maximum atomic E-state index is 6.55. The third-order valence-electron chi connectivity index (χ3n) is 5.66. The molecule has 3 fully saturated rings. The second-order valence-electron chi connectivity index (χ2n) is 8.06. The normalized spacial score (nSPS) is 33.9. The van der Waals surface area contributed by atoms with E-state index >= 15 is 0 Å². The van der Waals surface area contributed by atoms with E-state index in [1.54, 1.807) is 0 Å². The Morgan fingerprint density at radius 1 is 1.19 bits per heavy atom. The number of hydrogen-bond acceptors (Lipinski definition) is 3. The second kappa shape index (κ2) is 6.97. The Morgan fingerprint density at radius 3 is 2.76 bits per heavy atom. The molecule has 0 amide bonds. The van der Waals surface area contributed by atoms with Crippen LogP contribution in [0.1, 0.15) is 65.2 Å². The molecule has 1 N–H and O–H groups in total. The van der Waals surface area contributed by atoms with Crippen LogP contribution >= 0.6 is 0 Å². The molecule has 3 nitrogen and oxygen atoms in total. The SMILES string of the molecule is CC(C)CC1CN(CC2CCC3(CCCCC3)O2)CCN1. The van der Waals surface area contributed by atoms with Gasteiger partial charge < -0.3 is 10.1 Å². The standard InChI is InChI=1S/C18H34N2O/c1-15(2)12-16-13-20(11-10-19-16)14-17-6-9-18(21-17)7-4-3-5-8-18/h15-17,19H,3-14H2,1-2H3. The van der Waals surface area contributed by atoms with Crippen LogP contribution in [-0.2, 0) is 4.74 Å². The topological polar surface area (TPSA) is 24.5 Å². The summed E-state index contributed by atoms with van der Waals surface area (Å²) in [5.41, 5.74) is 0.286. The molecule has 3 aliphatic rings. The smallest absolute Gasteiger partial charge is 0.0710 e. The highest BCUT2D eigenvalue weighted by atomic mass is 16.5. The second-order valence-corrected chi connectivity index (χ2v) is 8.06.